The van der Waals surface area contributed by atoms with Gasteiger partial charge in [0, 0.05) is 17.7 Å². The van der Waals surface area contributed by atoms with E-state index in [2.05, 4.69) is 17.4 Å². The smallest absolute Gasteiger partial charge is 0.273 e. The van der Waals surface area contributed by atoms with Crippen molar-refractivity contribution in [1.82, 2.24) is 10.5 Å². The van der Waals surface area contributed by atoms with Gasteiger partial charge in [-0.2, -0.15) is 0 Å². The molecule has 5 heteroatoms. The highest BCUT2D eigenvalue weighted by atomic mass is 16.5. The SMILES string of the molecule is CCC[C@@H](C)NC(=O)c1cc(-c2ccc(OC)cc2)on1. The Morgan fingerprint density at radius 2 is 2.10 bits per heavy atom. The van der Waals surface area contributed by atoms with Crippen LogP contribution in [0, 0.1) is 0 Å². The van der Waals surface area contributed by atoms with Gasteiger partial charge in [0.1, 0.15) is 5.75 Å². The van der Waals surface area contributed by atoms with Crippen molar-refractivity contribution in [2.24, 2.45) is 0 Å². The minimum atomic E-state index is -0.209. The average molecular weight is 288 g/mol. The summed E-state index contributed by atoms with van der Waals surface area (Å²) < 4.78 is 10.3. The number of amides is 1. The van der Waals surface area contributed by atoms with Crippen LogP contribution in [0.15, 0.2) is 34.9 Å². The van der Waals surface area contributed by atoms with Gasteiger partial charge in [-0.3, -0.25) is 4.79 Å². The number of aromatic nitrogens is 1. The van der Waals surface area contributed by atoms with Crippen molar-refractivity contribution in [3.05, 3.63) is 36.0 Å². The van der Waals surface area contributed by atoms with Gasteiger partial charge >= 0.3 is 0 Å². The molecule has 112 valence electrons. The van der Waals surface area contributed by atoms with Gasteiger partial charge in [0.25, 0.3) is 5.91 Å². The summed E-state index contributed by atoms with van der Waals surface area (Å²) in [6.07, 6.45) is 1.96. The predicted molar refractivity (Wildman–Crippen MR) is 80.3 cm³/mol. The van der Waals surface area contributed by atoms with Crippen molar-refractivity contribution in [3.8, 4) is 17.1 Å². The topological polar surface area (TPSA) is 64.4 Å². The Morgan fingerprint density at radius 1 is 1.38 bits per heavy atom. The summed E-state index contributed by atoms with van der Waals surface area (Å²) in [6, 6.07) is 9.17. The first kappa shape index (κ1) is 15.1. The third-order valence-electron chi connectivity index (χ3n) is 3.22. The molecule has 0 saturated carbocycles. The third kappa shape index (κ3) is 3.84. The molecule has 1 atom stereocenters. The monoisotopic (exact) mass is 288 g/mol. The number of rotatable bonds is 6. The lowest BCUT2D eigenvalue weighted by Gasteiger charge is -2.10. The summed E-state index contributed by atoms with van der Waals surface area (Å²) in [7, 11) is 1.61. The molecule has 2 rings (SSSR count). The lowest BCUT2D eigenvalue weighted by atomic mass is 10.1. The van der Waals surface area contributed by atoms with Crippen LogP contribution in [0.3, 0.4) is 0 Å². The Kier molecular flexibility index (Phi) is 4.98. The van der Waals surface area contributed by atoms with E-state index in [0.29, 0.717) is 11.5 Å². The van der Waals surface area contributed by atoms with Crippen LogP contribution >= 0.6 is 0 Å². The zero-order chi connectivity index (χ0) is 15.2. The molecule has 2 aromatic rings. The molecule has 0 aliphatic rings. The first-order chi connectivity index (χ1) is 10.1. The van der Waals surface area contributed by atoms with Gasteiger partial charge < -0.3 is 14.6 Å². The molecule has 1 aromatic carbocycles. The van der Waals surface area contributed by atoms with Crippen LogP contribution in [0.4, 0.5) is 0 Å². The van der Waals surface area contributed by atoms with E-state index < -0.39 is 0 Å². The quantitative estimate of drug-likeness (QED) is 0.886. The van der Waals surface area contributed by atoms with Crippen LogP contribution in [-0.4, -0.2) is 24.2 Å². The van der Waals surface area contributed by atoms with Gasteiger partial charge in [-0.05, 0) is 37.6 Å². The summed E-state index contributed by atoms with van der Waals surface area (Å²) in [5.74, 6) is 1.12. The van der Waals surface area contributed by atoms with Crippen molar-refractivity contribution in [1.29, 1.82) is 0 Å². The maximum atomic E-state index is 12.0. The highest BCUT2D eigenvalue weighted by Gasteiger charge is 2.15. The molecular weight excluding hydrogens is 268 g/mol. The summed E-state index contributed by atoms with van der Waals surface area (Å²) in [5.41, 5.74) is 1.15. The van der Waals surface area contributed by atoms with Gasteiger partial charge in [0.15, 0.2) is 11.5 Å². The van der Waals surface area contributed by atoms with Gasteiger partial charge in [0.05, 0.1) is 7.11 Å². The van der Waals surface area contributed by atoms with Crippen LogP contribution in [0.1, 0.15) is 37.2 Å². The highest BCUT2D eigenvalue weighted by molar-refractivity contribution is 5.93. The minimum absolute atomic E-state index is 0.128. The molecule has 5 nitrogen and oxygen atoms in total. The molecule has 0 aliphatic heterocycles. The first-order valence-corrected chi connectivity index (χ1v) is 7.06. The van der Waals surface area contributed by atoms with E-state index in [4.69, 9.17) is 9.26 Å². The number of benzene rings is 1. The van der Waals surface area contributed by atoms with Gasteiger partial charge in [-0.15, -0.1) is 0 Å². The number of methoxy groups -OCH3 is 1. The number of carbonyl (C=O) groups is 1. The second-order valence-corrected chi connectivity index (χ2v) is 4.97. The Bertz CT molecular complexity index is 590. The predicted octanol–water partition coefficient (Wildman–Crippen LogP) is 3.27. The molecule has 0 spiro atoms. The molecular formula is C16H20N2O3. The third-order valence-corrected chi connectivity index (χ3v) is 3.22. The second-order valence-electron chi connectivity index (χ2n) is 4.97. The fraction of sp³-hybridized carbons (Fsp3) is 0.375. The lowest BCUT2D eigenvalue weighted by molar-refractivity contribution is 0.0929. The van der Waals surface area contributed by atoms with E-state index >= 15 is 0 Å². The molecule has 0 fully saturated rings. The molecule has 0 bridgehead atoms. The van der Waals surface area contributed by atoms with Crippen LogP contribution < -0.4 is 10.1 Å². The number of ether oxygens (including phenoxy) is 1. The number of carbonyl (C=O) groups excluding carboxylic acids is 1. The Labute approximate surface area is 124 Å². The maximum Gasteiger partial charge on any atom is 0.273 e. The van der Waals surface area contributed by atoms with Crippen molar-refractivity contribution in [2.75, 3.05) is 7.11 Å². The standard InChI is InChI=1S/C16H20N2O3/c1-4-5-11(2)17-16(19)14-10-15(21-18-14)12-6-8-13(20-3)9-7-12/h6-11H,4-5H2,1-3H3,(H,17,19)/t11-/m1/s1. The minimum Gasteiger partial charge on any atom is -0.497 e. The number of hydrogen-bond donors (Lipinski definition) is 1. The molecule has 0 radical (unpaired) electrons. The van der Waals surface area contributed by atoms with E-state index in [1.807, 2.05) is 31.2 Å². The van der Waals surface area contributed by atoms with Crippen LogP contribution in [0.25, 0.3) is 11.3 Å². The lowest BCUT2D eigenvalue weighted by Crippen LogP contribution is -2.32. The summed E-state index contributed by atoms with van der Waals surface area (Å²) in [5, 5.41) is 6.73. The van der Waals surface area contributed by atoms with Crippen molar-refractivity contribution in [2.45, 2.75) is 32.7 Å². The van der Waals surface area contributed by atoms with E-state index in [1.165, 1.54) is 0 Å². The zero-order valence-electron chi connectivity index (χ0n) is 12.6. The van der Waals surface area contributed by atoms with Gasteiger partial charge in [-0.1, -0.05) is 18.5 Å². The molecule has 0 unspecified atom stereocenters. The van der Waals surface area contributed by atoms with Crippen LogP contribution in [0.2, 0.25) is 0 Å². The van der Waals surface area contributed by atoms with E-state index in [0.717, 1.165) is 24.2 Å². The Hall–Kier alpha value is -2.30. The summed E-state index contributed by atoms with van der Waals surface area (Å²) >= 11 is 0. The van der Waals surface area contributed by atoms with E-state index in [9.17, 15) is 4.79 Å². The van der Waals surface area contributed by atoms with E-state index in [1.54, 1.807) is 13.2 Å². The Morgan fingerprint density at radius 3 is 2.71 bits per heavy atom. The summed E-state index contributed by atoms with van der Waals surface area (Å²) in [4.78, 5) is 12.0. The molecule has 1 aromatic heterocycles. The largest absolute Gasteiger partial charge is 0.497 e. The molecule has 1 amide bonds. The van der Waals surface area contributed by atoms with Crippen molar-refractivity contribution < 1.29 is 14.1 Å². The first-order valence-electron chi connectivity index (χ1n) is 7.06. The normalized spacial score (nSPS) is 12.0. The van der Waals surface area contributed by atoms with Crippen LogP contribution in [0.5, 0.6) is 5.75 Å². The Balaban J connectivity index is 2.08. The average Bonchev–Trinajstić information content (AvgIpc) is 2.97. The molecule has 0 saturated heterocycles. The van der Waals surface area contributed by atoms with Crippen LogP contribution in [-0.2, 0) is 0 Å². The highest BCUT2D eigenvalue weighted by Crippen LogP contribution is 2.23. The fourth-order valence-corrected chi connectivity index (χ4v) is 2.08. The van der Waals surface area contributed by atoms with Gasteiger partial charge in [-0.25, -0.2) is 0 Å². The van der Waals surface area contributed by atoms with E-state index in [-0.39, 0.29) is 11.9 Å². The molecule has 1 N–H and O–H groups in total. The molecule has 0 aliphatic carbocycles. The molecule has 21 heavy (non-hydrogen) atoms. The maximum absolute atomic E-state index is 12.0. The van der Waals surface area contributed by atoms with Gasteiger partial charge in [0.2, 0.25) is 0 Å². The summed E-state index contributed by atoms with van der Waals surface area (Å²) in [6.45, 7) is 4.06. The second kappa shape index (κ2) is 6.92. The molecule has 1 heterocycles. The number of nitrogens with zero attached hydrogens (tertiary/aromatic N) is 1. The number of nitrogens with one attached hydrogen (secondary N) is 1. The zero-order valence-corrected chi connectivity index (χ0v) is 12.6. The number of hydrogen-bond acceptors (Lipinski definition) is 4. The fourth-order valence-electron chi connectivity index (χ4n) is 2.08. The van der Waals surface area contributed by atoms with Crippen molar-refractivity contribution >= 4 is 5.91 Å². The van der Waals surface area contributed by atoms with Crippen molar-refractivity contribution in [3.63, 3.8) is 0 Å².